The Morgan fingerprint density at radius 1 is 1.12 bits per heavy atom. The molecule has 32 heavy (non-hydrogen) atoms. The van der Waals surface area contributed by atoms with E-state index in [1.807, 2.05) is 6.92 Å². The molecule has 2 N–H and O–H groups in total. The van der Waals surface area contributed by atoms with E-state index < -0.39 is 23.7 Å². The number of rotatable bonds is 7. The number of carbonyl (C=O) groups is 3. The Balaban J connectivity index is 1.64. The average Bonchev–Trinajstić information content (AvgIpc) is 2.76. The van der Waals surface area contributed by atoms with Crippen LogP contribution in [0.3, 0.4) is 0 Å². The molecule has 1 aliphatic heterocycles. The van der Waals surface area contributed by atoms with Crippen molar-refractivity contribution in [1.29, 1.82) is 0 Å². The molecule has 0 bridgehead atoms. The van der Waals surface area contributed by atoms with Crippen molar-refractivity contribution in [2.24, 2.45) is 0 Å². The van der Waals surface area contributed by atoms with Crippen LogP contribution in [0.15, 0.2) is 48.5 Å². The van der Waals surface area contributed by atoms with Crippen LogP contribution in [0.5, 0.6) is 0 Å². The molecule has 0 saturated carbocycles. The number of fused-ring (bicyclic) bond motifs is 1. The molecular weight excluding hydrogens is 423 g/mol. The number of anilines is 2. The zero-order valence-electron chi connectivity index (χ0n) is 17.5. The predicted molar refractivity (Wildman–Crippen MR) is 114 cm³/mol. The maximum atomic E-state index is 13.0. The minimum atomic E-state index is -4.47. The van der Waals surface area contributed by atoms with Gasteiger partial charge in [-0.3, -0.25) is 14.4 Å². The topological polar surface area (TPSA) is 78.5 Å². The van der Waals surface area contributed by atoms with Gasteiger partial charge in [0.25, 0.3) is 0 Å². The van der Waals surface area contributed by atoms with Crippen molar-refractivity contribution >= 4 is 29.1 Å². The SMILES string of the molecule is CCCC(NC(=O)CCC(=O)N1CC(=O)Nc2ccccc21)c1cccc(C(F)(F)F)c1. The highest BCUT2D eigenvalue weighted by Crippen LogP contribution is 2.32. The van der Waals surface area contributed by atoms with Gasteiger partial charge in [-0.1, -0.05) is 37.6 Å². The van der Waals surface area contributed by atoms with Gasteiger partial charge in [-0.05, 0) is 36.2 Å². The van der Waals surface area contributed by atoms with Crippen molar-refractivity contribution in [3.05, 3.63) is 59.7 Å². The Morgan fingerprint density at radius 3 is 2.59 bits per heavy atom. The van der Waals surface area contributed by atoms with Crippen LogP contribution in [0.2, 0.25) is 0 Å². The number of nitrogens with zero attached hydrogens (tertiary/aromatic N) is 1. The van der Waals surface area contributed by atoms with Crippen molar-refractivity contribution in [3.8, 4) is 0 Å². The van der Waals surface area contributed by atoms with Crippen LogP contribution in [-0.4, -0.2) is 24.3 Å². The number of hydrogen-bond donors (Lipinski definition) is 2. The molecule has 1 heterocycles. The highest BCUT2D eigenvalue weighted by Gasteiger charge is 2.31. The van der Waals surface area contributed by atoms with E-state index in [1.165, 1.54) is 11.0 Å². The lowest BCUT2D eigenvalue weighted by Gasteiger charge is -2.29. The Hall–Kier alpha value is -3.36. The van der Waals surface area contributed by atoms with Gasteiger partial charge in [-0.15, -0.1) is 0 Å². The molecule has 2 aromatic carbocycles. The van der Waals surface area contributed by atoms with E-state index in [0.29, 0.717) is 29.8 Å². The number of nitrogens with one attached hydrogen (secondary N) is 2. The van der Waals surface area contributed by atoms with Crippen molar-refractivity contribution in [1.82, 2.24) is 5.32 Å². The molecule has 0 aromatic heterocycles. The first-order chi connectivity index (χ1) is 15.2. The number of alkyl halides is 3. The minimum Gasteiger partial charge on any atom is -0.349 e. The second kappa shape index (κ2) is 9.84. The Morgan fingerprint density at radius 2 is 1.88 bits per heavy atom. The van der Waals surface area contributed by atoms with Gasteiger partial charge in [0.2, 0.25) is 17.7 Å². The number of para-hydroxylation sites is 2. The lowest BCUT2D eigenvalue weighted by atomic mass is 9.99. The van der Waals surface area contributed by atoms with Crippen LogP contribution in [-0.2, 0) is 20.6 Å². The standard InChI is InChI=1S/C23H24F3N3O3/c1-2-6-17(15-7-5-8-16(13-15)23(24,25)26)27-20(30)11-12-22(32)29-14-21(31)28-18-9-3-4-10-19(18)29/h3-5,7-10,13,17H,2,6,11-12,14H2,1H3,(H,27,30)(H,28,31). The molecule has 2 aromatic rings. The third-order valence-corrected chi connectivity index (χ3v) is 5.17. The largest absolute Gasteiger partial charge is 0.416 e. The van der Waals surface area contributed by atoms with Crippen molar-refractivity contribution < 1.29 is 27.6 Å². The summed E-state index contributed by atoms with van der Waals surface area (Å²) in [4.78, 5) is 38.4. The van der Waals surface area contributed by atoms with Crippen LogP contribution in [0.25, 0.3) is 0 Å². The summed E-state index contributed by atoms with van der Waals surface area (Å²) in [7, 11) is 0. The molecule has 9 heteroatoms. The monoisotopic (exact) mass is 447 g/mol. The van der Waals surface area contributed by atoms with Gasteiger partial charge in [0.1, 0.15) is 6.54 Å². The summed E-state index contributed by atoms with van der Waals surface area (Å²) in [6.45, 7) is 1.73. The van der Waals surface area contributed by atoms with E-state index in [9.17, 15) is 27.6 Å². The summed E-state index contributed by atoms with van der Waals surface area (Å²) in [6, 6.07) is 11.2. The molecule has 0 spiro atoms. The molecule has 0 radical (unpaired) electrons. The maximum Gasteiger partial charge on any atom is 0.416 e. The smallest absolute Gasteiger partial charge is 0.349 e. The molecule has 1 atom stereocenters. The molecule has 0 fully saturated rings. The van der Waals surface area contributed by atoms with E-state index in [0.717, 1.165) is 12.1 Å². The van der Waals surface area contributed by atoms with E-state index in [-0.39, 0.29) is 31.2 Å². The molecule has 6 nitrogen and oxygen atoms in total. The van der Waals surface area contributed by atoms with E-state index in [4.69, 9.17) is 0 Å². The first kappa shape index (κ1) is 23.3. The molecule has 3 amide bonds. The Bertz CT molecular complexity index is 1010. The van der Waals surface area contributed by atoms with Crippen molar-refractivity contribution in [2.75, 3.05) is 16.8 Å². The summed E-state index contributed by atoms with van der Waals surface area (Å²) in [6.07, 6.45) is -3.63. The van der Waals surface area contributed by atoms with Gasteiger partial charge in [-0.25, -0.2) is 0 Å². The second-order valence-electron chi connectivity index (χ2n) is 7.58. The lowest BCUT2D eigenvalue weighted by molar-refractivity contribution is -0.137. The molecular formula is C23H24F3N3O3. The van der Waals surface area contributed by atoms with E-state index in [2.05, 4.69) is 10.6 Å². The highest BCUT2D eigenvalue weighted by molar-refractivity contribution is 6.10. The Kier molecular flexibility index (Phi) is 7.17. The fraction of sp³-hybridized carbons (Fsp3) is 0.348. The summed E-state index contributed by atoms with van der Waals surface area (Å²) >= 11 is 0. The van der Waals surface area contributed by atoms with Crippen LogP contribution in [0.1, 0.15) is 49.8 Å². The number of carbonyl (C=O) groups excluding carboxylic acids is 3. The lowest BCUT2D eigenvalue weighted by Crippen LogP contribution is -2.42. The molecule has 3 rings (SSSR count). The highest BCUT2D eigenvalue weighted by atomic mass is 19.4. The number of benzene rings is 2. The normalized spacial score (nSPS) is 14.4. The fourth-order valence-corrected chi connectivity index (χ4v) is 3.62. The third kappa shape index (κ3) is 5.66. The molecule has 1 unspecified atom stereocenters. The van der Waals surface area contributed by atoms with Gasteiger partial charge in [0.15, 0.2) is 0 Å². The number of halogens is 3. The van der Waals surface area contributed by atoms with Crippen LogP contribution < -0.4 is 15.5 Å². The zero-order valence-corrected chi connectivity index (χ0v) is 17.5. The second-order valence-corrected chi connectivity index (χ2v) is 7.58. The van der Waals surface area contributed by atoms with Gasteiger partial charge >= 0.3 is 6.18 Å². The number of hydrogen-bond acceptors (Lipinski definition) is 3. The molecule has 170 valence electrons. The van der Waals surface area contributed by atoms with Crippen LogP contribution in [0, 0.1) is 0 Å². The summed E-state index contributed by atoms with van der Waals surface area (Å²) in [5.41, 5.74) is 0.671. The quantitative estimate of drug-likeness (QED) is 0.659. The fourth-order valence-electron chi connectivity index (χ4n) is 3.62. The number of amides is 3. The first-order valence-electron chi connectivity index (χ1n) is 10.3. The summed E-state index contributed by atoms with van der Waals surface area (Å²) in [5, 5.41) is 5.43. The van der Waals surface area contributed by atoms with Gasteiger partial charge in [-0.2, -0.15) is 13.2 Å². The predicted octanol–water partition coefficient (Wildman–Crippen LogP) is 4.43. The van der Waals surface area contributed by atoms with Crippen LogP contribution >= 0.6 is 0 Å². The van der Waals surface area contributed by atoms with Gasteiger partial charge in [0, 0.05) is 12.8 Å². The third-order valence-electron chi connectivity index (χ3n) is 5.17. The maximum absolute atomic E-state index is 13.0. The van der Waals surface area contributed by atoms with Crippen LogP contribution in [0.4, 0.5) is 24.5 Å². The summed E-state index contributed by atoms with van der Waals surface area (Å²) in [5.74, 6) is -1.15. The first-order valence-corrected chi connectivity index (χ1v) is 10.3. The van der Waals surface area contributed by atoms with E-state index in [1.54, 1.807) is 30.3 Å². The zero-order chi connectivity index (χ0) is 23.3. The Labute approximate surface area is 183 Å². The van der Waals surface area contributed by atoms with Gasteiger partial charge < -0.3 is 15.5 Å². The molecule has 0 saturated heterocycles. The summed E-state index contributed by atoms with van der Waals surface area (Å²) < 4.78 is 39.1. The minimum absolute atomic E-state index is 0.130. The molecule has 1 aliphatic rings. The van der Waals surface area contributed by atoms with Crippen molar-refractivity contribution in [3.63, 3.8) is 0 Å². The molecule has 0 aliphatic carbocycles. The average molecular weight is 447 g/mol. The van der Waals surface area contributed by atoms with Crippen molar-refractivity contribution in [2.45, 2.75) is 44.8 Å². The van der Waals surface area contributed by atoms with E-state index >= 15 is 0 Å². The van der Waals surface area contributed by atoms with Gasteiger partial charge in [0.05, 0.1) is 23.0 Å².